The number of hydrogen-bond donors (Lipinski definition) is 5. The van der Waals surface area contributed by atoms with Gasteiger partial charge in [-0.2, -0.15) is 19.2 Å². The quantitative estimate of drug-likeness (QED) is 0.0296. The molecule has 23 nitrogen and oxygen atoms in total. The van der Waals surface area contributed by atoms with Gasteiger partial charge in [-0.3, -0.25) is 29.2 Å². The molecule has 5 fully saturated rings. The number of nitrogens with one attached hydrogen (secondary N) is 2. The number of anilines is 2. The molecule has 635 valence electrons. The molecule has 19 atom stereocenters. The number of piperidine rings is 1. The fraction of sp³-hybridized carbons (Fsp3) is 0.559. The van der Waals surface area contributed by atoms with Crippen molar-refractivity contribution >= 4 is 77.8 Å². The Morgan fingerprint density at radius 1 is 0.583 bits per heavy atom. The zero-order valence-corrected chi connectivity index (χ0v) is 74.4. The Morgan fingerprint density at radius 2 is 1.02 bits per heavy atom. The third-order valence-corrected chi connectivity index (χ3v) is 30.5. The Bertz CT molecular complexity index is 5190. The zero-order valence-electron chi connectivity index (χ0n) is 72.4. The second-order valence-corrected chi connectivity index (χ2v) is 36.3. The van der Waals surface area contributed by atoms with Gasteiger partial charge in [0.25, 0.3) is 0 Å². The molecule has 10 aliphatic heterocycles. The monoisotopic (exact) mass is 1660 g/mol. The van der Waals surface area contributed by atoms with E-state index in [2.05, 4.69) is 149 Å². The number of nitrogens with zero attached hydrogens (tertiary/aromatic N) is 6. The molecule has 4 unspecified atom stereocenters. The number of H-pyrrole nitrogens is 2. The minimum atomic E-state index is -2.20. The summed E-state index contributed by atoms with van der Waals surface area (Å²) in [4.78, 5) is 109. The molecule has 27 heteroatoms. The van der Waals surface area contributed by atoms with Crippen LogP contribution in [0.5, 0.6) is 0 Å². The van der Waals surface area contributed by atoms with Crippen molar-refractivity contribution in [2.24, 2.45) is 22.7 Å². The summed E-state index contributed by atoms with van der Waals surface area (Å²) in [5.41, 5.74) is 7.03. The van der Waals surface area contributed by atoms with Gasteiger partial charge < -0.3 is 61.5 Å². The van der Waals surface area contributed by atoms with Gasteiger partial charge >= 0.3 is 65.7 Å². The van der Waals surface area contributed by atoms with Crippen LogP contribution >= 0.6 is 0 Å². The van der Waals surface area contributed by atoms with Gasteiger partial charge in [-0.15, -0.1) is 0 Å². The molecule has 120 heavy (non-hydrogen) atoms. The average Bonchev–Trinajstić information content (AvgIpc) is 1.47. The molecular formula is C93H115BF2N8NaO15. The third-order valence-electron chi connectivity index (χ3n) is 30.5. The van der Waals surface area contributed by atoms with E-state index < -0.39 is 97.5 Å². The van der Waals surface area contributed by atoms with Gasteiger partial charge in [-0.05, 0) is 216 Å². The Hall–Kier alpha value is -7.94. The minimum absolute atomic E-state index is 0. The fourth-order valence-electron chi connectivity index (χ4n) is 26.6. The number of aromatic amines is 2. The molecule has 2 spiro atoms. The summed E-state index contributed by atoms with van der Waals surface area (Å²) >= 11 is 0. The average molecular weight is 1660 g/mol. The summed E-state index contributed by atoms with van der Waals surface area (Å²) in [6.45, 7) is 28.2. The molecule has 6 aromatic rings. The van der Waals surface area contributed by atoms with Crippen LogP contribution in [0.15, 0.2) is 96.6 Å². The summed E-state index contributed by atoms with van der Waals surface area (Å²) in [6, 6.07) is 17.5. The van der Waals surface area contributed by atoms with Crippen molar-refractivity contribution in [2.45, 2.75) is 215 Å². The van der Waals surface area contributed by atoms with E-state index >= 15 is 4.39 Å². The van der Waals surface area contributed by atoms with Crippen LogP contribution in [0.1, 0.15) is 169 Å². The minimum Gasteiger partial charge on any atom is -0.467 e. The maximum Gasteiger partial charge on any atom is 1.00 e. The number of aliphatic hydroxyl groups is 3. The number of carbonyl (C=O) groups is 4. The van der Waals surface area contributed by atoms with Crippen molar-refractivity contribution in [1.82, 2.24) is 29.6 Å². The maximum absolute atomic E-state index is 15.0. The number of likely N-dealkylation sites (N-methyl/N-ethyl adjacent to an activating group) is 2. The summed E-state index contributed by atoms with van der Waals surface area (Å²) in [5, 5.41) is 40.2. The number of hydrogen-bond acceptors (Lipinski definition) is 21. The molecule has 12 aliphatic rings. The number of ether oxygens (including phenoxy) is 4. The van der Waals surface area contributed by atoms with Crippen molar-refractivity contribution in [1.29, 1.82) is 0 Å². The molecule has 18 rings (SSSR count). The largest absolute Gasteiger partial charge is 1.00 e. The van der Waals surface area contributed by atoms with Crippen molar-refractivity contribution in [3.63, 3.8) is 0 Å². The number of esters is 4. The summed E-state index contributed by atoms with van der Waals surface area (Å²) in [7, 11) is 6.51. The predicted octanol–water partition coefficient (Wildman–Crippen LogP) is 7.27. The zero-order chi connectivity index (χ0) is 84.0. The molecule has 4 bridgehead atoms. The van der Waals surface area contributed by atoms with Crippen LogP contribution in [0.25, 0.3) is 21.8 Å². The summed E-state index contributed by atoms with van der Waals surface area (Å²) < 4.78 is 53.3. The van der Waals surface area contributed by atoms with E-state index in [1.807, 2.05) is 26.2 Å². The second kappa shape index (κ2) is 33.3. The smallest absolute Gasteiger partial charge is 0.467 e. The van der Waals surface area contributed by atoms with Crippen LogP contribution in [0.2, 0.25) is 0 Å². The van der Waals surface area contributed by atoms with Crippen LogP contribution < -0.4 is 39.4 Å². The van der Waals surface area contributed by atoms with Gasteiger partial charge in [0.1, 0.15) is 11.6 Å². The Labute approximate surface area is 726 Å². The first-order chi connectivity index (χ1) is 55.7. The maximum atomic E-state index is 15.0. The standard InChI is InChI=1S/C45H57FN4O6.C45H55FN4O5.2CO2.CH3.B.Na/c1-8-42(53)23-28-22-41(5,36-30(13-17-49(24-28)25-42)31-20-29(46)11-12-34(31)47-36)32-21-33-35(19-26(32)3)48(6)38-44(33)15-18-50-16-10-14-43(9-2,37(44)50)39(56-27(4)51)45(38,54)40(52)55-7;1-8-28-20-29-23-42(5,37-31(13-17-49(24-28)25-29)32-21-30(46)11-12-35(32)47-37)33-22-34-36(19-26(33)3)48(6)39-44(34)15-18-50-16-10-14-43(9-2,38(44)50)40(55-27(4)51)45(39,53)41(52)54-7;2*2-1-3;;;/h10-12,14,19-21,28,37-39,47,53-54H,8-9,13,15-18,22-25H2,1-7H3;10-12,14,19-22,29,38-40,47,53H,8-9,13,15-18,23-25H2,1-7H3;;;1H3;;/q;;;;-1;;+1/t28-,37+,38?,39-,41-,42+,43-,44-,45+;29-,38-,39?,40+,42+,43+,44+,45-;;;;;/m10...../s1. The fourth-order valence-corrected chi connectivity index (χ4v) is 26.6. The number of benzene rings is 4. The second-order valence-electron chi connectivity index (χ2n) is 36.3. The number of carbonyl (C=O) groups excluding carboxylic acids is 8. The molecular weight excluding hydrogens is 1540 g/mol. The van der Waals surface area contributed by atoms with Gasteiger partial charge in [0.15, 0.2) is 12.2 Å². The summed E-state index contributed by atoms with van der Waals surface area (Å²) in [5.74, 6) is -2.70. The van der Waals surface area contributed by atoms with Crippen LogP contribution in [0.3, 0.4) is 0 Å². The number of fused-ring (bicyclic) bond motifs is 12. The molecule has 0 amide bonds. The number of aryl methyl sites for hydroxylation is 2. The first kappa shape index (κ1) is 91.3. The van der Waals surface area contributed by atoms with Gasteiger partial charge in [0.2, 0.25) is 11.2 Å². The Kier molecular flexibility index (Phi) is 25.3. The van der Waals surface area contributed by atoms with E-state index in [0.717, 1.165) is 156 Å². The molecule has 12 heterocycles. The molecule has 2 saturated carbocycles. The number of halogens is 2. The van der Waals surface area contributed by atoms with E-state index in [1.165, 1.54) is 50.8 Å². The molecule has 2 aliphatic carbocycles. The van der Waals surface area contributed by atoms with E-state index in [9.17, 15) is 38.9 Å². The van der Waals surface area contributed by atoms with Crippen molar-refractivity contribution in [3.05, 3.63) is 172 Å². The van der Waals surface area contributed by atoms with Crippen LogP contribution in [0, 0.1) is 55.6 Å². The van der Waals surface area contributed by atoms with Crippen molar-refractivity contribution in [3.8, 4) is 0 Å². The Morgan fingerprint density at radius 3 is 1.43 bits per heavy atom. The van der Waals surface area contributed by atoms with Gasteiger partial charge in [0.05, 0.1) is 31.9 Å². The van der Waals surface area contributed by atoms with E-state index in [-0.39, 0.29) is 87.3 Å². The SMILES string of the molecule is CCC1=C[C@@H]2CN(CCc3c([nH]c4ccc(F)cc34)[C@@](C)(c3cc4c(cc3C)N(C)C3[C@]45CCN4CC=C[C@@](CC)([C@@H](OC(C)=O)[C@]3(O)C(=O)OC)[C@H]45)C2)C1.CC[C@]1(O)C[C@@H]2CN(CCc3c([nH]c4ccc(F)cc34)[C@@](C)(c3cc4c(cc3C)N(C)C3[C@]45CCN4CC=C[C@@](CC)([C@@H](OC(C)=O)[C@]3(O)C(=O)OC)[C@H]45)C2)C1.O=C=O.O=C=O.[B].[CH3-].[Na+]. The van der Waals surface area contributed by atoms with Gasteiger partial charge in [0, 0.05) is 178 Å². The summed E-state index contributed by atoms with van der Waals surface area (Å²) in [6.07, 6.45) is 17.1. The number of rotatable bonds is 10. The van der Waals surface area contributed by atoms with Crippen molar-refractivity contribution < 1.29 is 111 Å². The number of aromatic nitrogens is 2. The first-order valence-electron chi connectivity index (χ1n) is 41.7. The predicted molar refractivity (Wildman–Crippen MR) is 445 cm³/mol. The molecule has 3 radical (unpaired) electrons. The molecule has 5 N–H and O–H groups in total. The number of methoxy groups -OCH3 is 2. The first-order valence-corrected chi connectivity index (χ1v) is 41.7. The van der Waals surface area contributed by atoms with Gasteiger partial charge in [-0.1, -0.05) is 75.8 Å². The molecule has 2 aromatic heterocycles. The van der Waals surface area contributed by atoms with Crippen LogP contribution in [-0.2, 0) is 91.8 Å². The van der Waals surface area contributed by atoms with Gasteiger partial charge in [-0.25, -0.2) is 18.4 Å². The third kappa shape index (κ3) is 13.4. The normalized spacial score (nSPS) is 34.7. The van der Waals surface area contributed by atoms with E-state index in [0.29, 0.717) is 64.0 Å². The van der Waals surface area contributed by atoms with E-state index in [1.54, 1.807) is 18.2 Å². The molecule has 4 aromatic carbocycles. The van der Waals surface area contributed by atoms with Crippen LogP contribution in [-0.4, -0.2) is 236 Å². The van der Waals surface area contributed by atoms with Crippen LogP contribution in [0.4, 0.5) is 20.2 Å². The van der Waals surface area contributed by atoms with Crippen molar-refractivity contribution in [2.75, 3.05) is 104 Å². The Balaban J connectivity index is 0.000000202. The molecule has 3 saturated heterocycles. The van der Waals surface area contributed by atoms with E-state index in [4.69, 9.17) is 38.1 Å². The topological polar surface area (TPSA) is 285 Å².